The zero-order valence-electron chi connectivity index (χ0n) is 16.7. The Bertz CT molecular complexity index is 900. The summed E-state index contributed by atoms with van der Waals surface area (Å²) >= 11 is 0. The highest BCUT2D eigenvalue weighted by Gasteiger charge is 2.29. The van der Waals surface area contributed by atoms with Crippen LogP contribution in [0.4, 0.5) is 17.2 Å². The number of piperidine rings is 1. The van der Waals surface area contributed by atoms with Gasteiger partial charge in [-0.15, -0.1) is 0 Å². The summed E-state index contributed by atoms with van der Waals surface area (Å²) in [5.74, 6) is 0.0777. The SMILES string of the molecule is CN1CCCCC1CCNCC(=O)N1c2ccccc2C(=O)Nc2cccnc21. The molecule has 1 atom stereocenters. The molecule has 1 saturated heterocycles. The van der Waals surface area contributed by atoms with Gasteiger partial charge in [-0.2, -0.15) is 0 Å². The van der Waals surface area contributed by atoms with Gasteiger partial charge in [-0.3, -0.25) is 14.5 Å². The zero-order valence-corrected chi connectivity index (χ0v) is 16.7. The van der Waals surface area contributed by atoms with Gasteiger partial charge >= 0.3 is 0 Å². The lowest BCUT2D eigenvalue weighted by atomic mass is 10.0. The predicted octanol–water partition coefficient (Wildman–Crippen LogP) is 2.78. The maximum atomic E-state index is 13.2. The lowest BCUT2D eigenvalue weighted by molar-refractivity contribution is -0.117. The van der Waals surface area contributed by atoms with Crippen molar-refractivity contribution in [2.45, 2.75) is 31.7 Å². The van der Waals surface area contributed by atoms with Crippen LogP contribution in [0.15, 0.2) is 42.6 Å². The van der Waals surface area contributed by atoms with Crippen molar-refractivity contribution in [1.82, 2.24) is 15.2 Å². The van der Waals surface area contributed by atoms with E-state index in [-0.39, 0.29) is 18.4 Å². The van der Waals surface area contributed by atoms with Gasteiger partial charge in [0.25, 0.3) is 5.91 Å². The van der Waals surface area contributed by atoms with Gasteiger partial charge in [0, 0.05) is 12.2 Å². The summed E-state index contributed by atoms with van der Waals surface area (Å²) in [5, 5.41) is 6.15. The topological polar surface area (TPSA) is 77.6 Å². The summed E-state index contributed by atoms with van der Waals surface area (Å²) in [5.41, 5.74) is 1.55. The van der Waals surface area contributed by atoms with Crippen LogP contribution in [0.5, 0.6) is 0 Å². The molecule has 2 aromatic rings. The molecule has 1 aromatic heterocycles. The first-order chi connectivity index (χ1) is 14.1. The molecule has 0 bridgehead atoms. The minimum atomic E-state index is -0.238. The van der Waals surface area contributed by atoms with Crippen LogP contribution in [-0.2, 0) is 4.79 Å². The monoisotopic (exact) mass is 393 g/mol. The summed E-state index contributed by atoms with van der Waals surface area (Å²) in [6.07, 6.45) is 6.42. The van der Waals surface area contributed by atoms with E-state index < -0.39 is 0 Å². The molecule has 0 spiro atoms. The molecule has 2 aliphatic rings. The van der Waals surface area contributed by atoms with Crippen molar-refractivity contribution >= 4 is 29.0 Å². The molecular formula is C22H27N5O2. The molecule has 4 rings (SSSR count). The number of aromatic nitrogens is 1. The highest BCUT2D eigenvalue weighted by atomic mass is 16.2. The van der Waals surface area contributed by atoms with Gasteiger partial charge in [0.2, 0.25) is 5.91 Å². The van der Waals surface area contributed by atoms with Gasteiger partial charge in [-0.05, 0) is 63.7 Å². The third-order valence-corrected chi connectivity index (χ3v) is 5.74. The molecule has 7 nitrogen and oxygen atoms in total. The van der Waals surface area contributed by atoms with Gasteiger partial charge < -0.3 is 15.5 Å². The second-order valence-electron chi connectivity index (χ2n) is 7.67. The Hall–Kier alpha value is -2.77. The number of hydrogen-bond donors (Lipinski definition) is 2. The van der Waals surface area contributed by atoms with Crippen molar-refractivity contribution in [3.8, 4) is 0 Å². The van der Waals surface area contributed by atoms with Gasteiger partial charge in [-0.25, -0.2) is 4.98 Å². The number of fused-ring (bicyclic) bond motifs is 2. The van der Waals surface area contributed by atoms with Crippen molar-refractivity contribution in [3.63, 3.8) is 0 Å². The molecule has 1 aromatic carbocycles. The Morgan fingerprint density at radius 1 is 1.24 bits per heavy atom. The molecule has 0 saturated carbocycles. The number of nitrogens with one attached hydrogen (secondary N) is 2. The van der Waals surface area contributed by atoms with Crippen LogP contribution in [0.25, 0.3) is 0 Å². The van der Waals surface area contributed by atoms with E-state index in [4.69, 9.17) is 0 Å². The van der Waals surface area contributed by atoms with Crippen molar-refractivity contribution in [3.05, 3.63) is 48.2 Å². The number of nitrogens with zero attached hydrogens (tertiary/aromatic N) is 3. The number of likely N-dealkylation sites (tertiary alicyclic amines) is 1. The number of amides is 2. The first-order valence-electron chi connectivity index (χ1n) is 10.2. The second kappa shape index (κ2) is 8.71. The van der Waals surface area contributed by atoms with Crippen molar-refractivity contribution < 1.29 is 9.59 Å². The summed E-state index contributed by atoms with van der Waals surface area (Å²) in [6.45, 7) is 2.12. The zero-order chi connectivity index (χ0) is 20.2. The Morgan fingerprint density at radius 3 is 2.97 bits per heavy atom. The van der Waals surface area contributed by atoms with Crippen molar-refractivity contribution in [1.29, 1.82) is 0 Å². The Labute approximate surface area is 171 Å². The Kier molecular flexibility index (Phi) is 5.87. The van der Waals surface area contributed by atoms with Crippen LogP contribution in [0.1, 0.15) is 36.0 Å². The standard InChI is InChI=1S/C22H27N5O2/c1-26-14-5-4-7-16(26)11-13-23-15-20(28)27-19-10-3-2-8-17(19)22(29)25-18-9-6-12-24-21(18)27/h2-3,6,8-10,12,16,23H,4-5,7,11,13-15H2,1H3,(H,25,29). The largest absolute Gasteiger partial charge is 0.319 e. The molecule has 2 amide bonds. The number of rotatable bonds is 5. The maximum Gasteiger partial charge on any atom is 0.257 e. The minimum Gasteiger partial charge on any atom is -0.319 e. The number of hydrogen-bond acceptors (Lipinski definition) is 5. The number of carbonyl (C=O) groups excluding carboxylic acids is 2. The third kappa shape index (κ3) is 4.16. The fourth-order valence-corrected chi connectivity index (χ4v) is 4.14. The highest BCUT2D eigenvalue weighted by molar-refractivity contribution is 6.17. The van der Waals surface area contributed by atoms with E-state index in [1.807, 2.05) is 6.07 Å². The van der Waals surface area contributed by atoms with E-state index in [1.165, 1.54) is 19.3 Å². The van der Waals surface area contributed by atoms with Gasteiger partial charge in [0.05, 0.1) is 23.5 Å². The van der Waals surface area contributed by atoms with Crippen molar-refractivity contribution in [2.24, 2.45) is 0 Å². The highest BCUT2D eigenvalue weighted by Crippen LogP contribution is 2.35. The lowest BCUT2D eigenvalue weighted by Gasteiger charge is -2.32. The van der Waals surface area contributed by atoms with E-state index in [0.29, 0.717) is 28.8 Å². The third-order valence-electron chi connectivity index (χ3n) is 5.74. The fourth-order valence-electron chi connectivity index (χ4n) is 4.14. The predicted molar refractivity (Wildman–Crippen MR) is 114 cm³/mol. The molecule has 7 heteroatoms. The lowest BCUT2D eigenvalue weighted by Crippen LogP contribution is -2.40. The summed E-state index contributed by atoms with van der Waals surface area (Å²) < 4.78 is 0. The Morgan fingerprint density at radius 2 is 2.10 bits per heavy atom. The smallest absolute Gasteiger partial charge is 0.257 e. The van der Waals surface area contributed by atoms with Crippen LogP contribution in [0.3, 0.4) is 0 Å². The number of benzene rings is 1. The molecule has 2 N–H and O–H groups in total. The maximum absolute atomic E-state index is 13.2. The van der Waals surface area contributed by atoms with Gasteiger partial charge in [0.1, 0.15) is 0 Å². The Balaban J connectivity index is 1.49. The average Bonchev–Trinajstić information content (AvgIpc) is 2.86. The number of pyridine rings is 1. The van der Waals surface area contributed by atoms with E-state index in [1.54, 1.807) is 41.4 Å². The summed E-state index contributed by atoms with van der Waals surface area (Å²) in [4.78, 5) is 34.1. The number of anilines is 3. The molecule has 0 radical (unpaired) electrons. The van der Waals surface area contributed by atoms with E-state index in [9.17, 15) is 9.59 Å². The van der Waals surface area contributed by atoms with Gasteiger partial charge in [-0.1, -0.05) is 18.6 Å². The van der Waals surface area contributed by atoms with Crippen LogP contribution < -0.4 is 15.5 Å². The molecule has 2 aliphatic heterocycles. The van der Waals surface area contributed by atoms with E-state index >= 15 is 0 Å². The average molecular weight is 393 g/mol. The molecule has 152 valence electrons. The fraction of sp³-hybridized carbons (Fsp3) is 0.409. The van der Waals surface area contributed by atoms with Crippen LogP contribution in [0, 0.1) is 0 Å². The van der Waals surface area contributed by atoms with E-state index in [2.05, 4.69) is 27.6 Å². The van der Waals surface area contributed by atoms with Gasteiger partial charge in [0.15, 0.2) is 5.82 Å². The number of para-hydroxylation sites is 1. The molecule has 0 aliphatic carbocycles. The molecule has 29 heavy (non-hydrogen) atoms. The summed E-state index contributed by atoms with van der Waals surface area (Å²) in [6, 6.07) is 11.2. The van der Waals surface area contributed by atoms with Crippen LogP contribution in [-0.4, -0.2) is 54.4 Å². The molecule has 1 unspecified atom stereocenters. The molecule has 1 fully saturated rings. The van der Waals surface area contributed by atoms with E-state index in [0.717, 1.165) is 19.5 Å². The number of carbonyl (C=O) groups is 2. The normalized spacial score (nSPS) is 19.1. The van der Waals surface area contributed by atoms with Crippen LogP contribution in [0.2, 0.25) is 0 Å². The van der Waals surface area contributed by atoms with Crippen LogP contribution >= 0.6 is 0 Å². The first kappa shape index (κ1) is 19.5. The quantitative estimate of drug-likeness (QED) is 0.764. The van der Waals surface area contributed by atoms with Crippen molar-refractivity contribution in [2.75, 3.05) is 36.9 Å². The molecular weight excluding hydrogens is 366 g/mol. The minimum absolute atomic E-state index is 0.133. The first-order valence-corrected chi connectivity index (χ1v) is 10.2. The second-order valence-corrected chi connectivity index (χ2v) is 7.67. The molecule has 3 heterocycles. The summed E-state index contributed by atoms with van der Waals surface area (Å²) in [7, 11) is 2.18.